The predicted octanol–water partition coefficient (Wildman–Crippen LogP) is 1.42. The molecule has 16 heavy (non-hydrogen) atoms. The van der Waals surface area contributed by atoms with Gasteiger partial charge in [0.25, 0.3) is 0 Å². The van der Waals surface area contributed by atoms with Gasteiger partial charge in [0.2, 0.25) is 0 Å². The average Bonchev–Trinajstić information content (AvgIpc) is 2.30. The summed E-state index contributed by atoms with van der Waals surface area (Å²) in [5.74, 6) is -0.164. The molecule has 1 N–H and O–H groups in total. The minimum absolute atomic E-state index is 0.523. The van der Waals surface area contributed by atoms with Crippen LogP contribution in [0.1, 0.15) is 53.9 Å². The summed E-state index contributed by atoms with van der Waals surface area (Å²) in [6, 6.07) is 5.76. The van der Waals surface area contributed by atoms with Crippen LogP contribution in [0.25, 0.3) is 0 Å². The van der Waals surface area contributed by atoms with Gasteiger partial charge in [-0.3, -0.25) is 0 Å². The summed E-state index contributed by atoms with van der Waals surface area (Å²) in [6.07, 6.45) is 6.40. The third-order valence-electron chi connectivity index (χ3n) is 3.65. The minimum Gasteiger partial charge on any atom is -0.478 e. The van der Waals surface area contributed by atoms with Gasteiger partial charge in [0.15, 0.2) is 0 Å². The van der Waals surface area contributed by atoms with E-state index < -0.39 is 5.97 Å². The molecular weight excluding hydrogens is 216 g/mol. The topological polar surface area (TPSA) is 37.3 Å². The van der Waals surface area contributed by atoms with Gasteiger partial charge in [0, 0.05) is 10.2 Å². The lowest BCUT2D eigenvalue weighted by molar-refractivity contribution is 0.0698. The van der Waals surface area contributed by atoms with Crippen molar-refractivity contribution in [2.24, 2.45) is 0 Å². The summed E-state index contributed by atoms with van der Waals surface area (Å²) in [6.45, 7) is 0. The maximum absolute atomic E-state index is 11.1. The number of carbonyl (C=O) groups is 1. The molecule has 0 aromatic heterocycles. The molecule has 0 bridgehead atoms. The van der Waals surface area contributed by atoms with E-state index in [0.717, 1.165) is 15.4 Å². The number of hydrogen-bond donors (Lipinski definition) is 1. The fraction of sp³-hybridized carbons (Fsp3) is 0.462. The summed E-state index contributed by atoms with van der Waals surface area (Å²) >= 11 is 0. The van der Waals surface area contributed by atoms with Crippen LogP contribution in [0, 0.1) is 0 Å². The summed E-state index contributed by atoms with van der Waals surface area (Å²) in [5, 5.41) is 10.2. The second-order valence-corrected chi connectivity index (χ2v) is 5.66. The molecule has 86 valence electrons. The van der Waals surface area contributed by atoms with E-state index in [0.29, 0.717) is 11.5 Å². The highest BCUT2D eigenvalue weighted by molar-refractivity contribution is 6.37. The number of hydrogen-bond acceptors (Lipinski definition) is 1. The van der Waals surface area contributed by atoms with Crippen LogP contribution in [0.4, 0.5) is 0 Å². The first-order valence-electron chi connectivity index (χ1n) is 6.03. The third-order valence-corrected chi connectivity index (χ3v) is 4.77. The van der Waals surface area contributed by atoms with E-state index in [1.807, 2.05) is 6.07 Å². The minimum atomic E-state index is -0.775. The fourth-order valence-corrected chi connectivity index (χ4v) is 3.70. The van der Waals surface area contributed by atoms with E-state index in [1.54, 1.807) is 6.07 Å². The van der Waals surface area contributed by atoms with Gasteiger partial charge < -0.3 is 5.11 Å². The first-order valence-corrected chi connectivity index (χ1v) is 7.03. The van der Waals surface area contributed by atoms with Gasteiger partial charge in [-0.1, -0.05) is 36.6 Å². The van der Waals surface area contributed by atoms with Crippen LogP contribution in [0.2, 0.25) is 0 Å². The molecule has 1 aliphatic rings. The Bertz CT molecular complexity index is 395. The monoisotopic (exact) mass is 234 g/mol. The van der Waals surface area contributed by atoms with Crippen molar-refractivity contribution in [1.82, 2.24) is 0 Å². The van der Waals surface area contributed by atoms with E-state index in [9.17, 15) is 4.79 Å². The molecule has 0 radical (unpaired) electrons. The Kier molecular flexibility index (Phi) is 3.44. The fourth-order valence-electron chi connectivity index (χ4n) is 2.74. The quantitative estimate of drug-likeness (QED) is 0.786. The van der Waals surface area contributed by atoms with Crippen molar-refractivity contribution in [3.63, 3.8) is 0 Å². The molecule has 1 saturated carbocycles. The summed E-state index contributed by atoms with van der Waals surface area (Å²) < 4.78 is 0. The molecule has 3 heteroatoms. The van der Waals surface area contributed by atoms with Gasteiger partial charge in [-0.25, -0.2) is 4.79 Å². The molecule has 0 unspecified atom stereocenters. The van der Waals surface area contributed by atoms with Crippen molar-refractivity contribution in [3.05, 3.63) is 29.3 Å². The van der Waals surface area contributed by atoms with Crippen molar-refractivity contribution >= 4 is 21.4 Å². The summed E-state index contributed by atoms with van der Waals surface area (Å²) in [5.41, 5.74) is 1.83. The van der Waals surface area contributed by atoms with Crippen molar-refractivity contribution < 1.29 is 9.90 Å². The van der Waals surface area contributed by atoms with E-state index in [4.69, 9.17) is 5.11 Å². The van der Waals surface area contributed by atoms with Gasteiger partial charge in [-0.2, -0.15) is 0 Å². The number of rotatable bonds is 2. The van der Waals surface area contributed by atoms with E-state index in [-0.39, 0.29) is 0 Å². The average molecular weight is 234 g/mol. The SMILES string of the molecule is O=C(O)c1cccc(C2CCCCC2)c1[SiH3]. The highest BCUT2D eigenvalue weighted by Crippen LogP contribution is 2.31. The lowest BCUT2D eigenvalue weighted by Gasteiger charge is -2.24. The normalized spacial score (nSPS) is 17.5. The van der Waals surface area contributed by atoms with Gasteiger partial charge in [-0.15, -0.1) is 0 Å². The Hall–Kier alpha value is -1.09. The van der Waals surface area contributed by atoms with Crippen LogP contribution in [0.15, 0.2) is 18.2 Å². The zero-order chi connectivity index (χ0) is 11.5. The molecule has 0 aliphatic heterocycles. The molecule has 1 fully saturated rings. The first-order chi connectivity index (χ1) is 7.70. The van der Waals surface area contributed by atoms with E-state index >= 15 is 0 Å². The largest absolute Gasteiger partial charge is 0.478 e. The van der Waals surface area contributed by atoms with Crippen LogP contribution in [-0.2, 0) is 0 Å². The molecule has 1 aliphatic carbocycles. The van der Waals surface area contributed by atoms with E-state index in [2.05, 4.69) is 6.07 Å². The second kappa shape index (κ2) is 4.83. The molecule has 0 saturated heterocycles. The highest BCUT2D eigenvalue weighted by Gasteiger charge is 2.19. The molecular formula is C13H18O2Si. The van der Waals surface area contributed by atoms with Gasteiger partial charge in [0.05, 0.1) is 5.56 Å². The van der Waals surface area contributed by atoms with Crippen molar-refractivity contribution in [2.75, 3.05) is 0 Å². The Morgan fingerprint density at radius 2 is 1.94 bits per heavy atom. The predicted molar refractivity (Wildman–Crippen MR) is 68.8 cm³/mol. The Labute approximate surface area is 99.1 Å². The molecule has 2 rings (SSSR count). The van der Waals surface area contributed by atoms with Crippen LogP contribution in [0.3, 0.4) is 0 Å². The van der Waals surface area contributed by atoms with Crippen LogP contribution in [0.5, 0.6) is 0 Å². The second-order valence-electron chi connectivity index (χ2n) is 4.66. The lowest BCUT2D eigenvalue weighted by Crippen LogP contribution is -2.23. The Morgan fingerprint density at radius 3 is 2.56 bits per heavy atom. The van der Waals surface area contributed by atoms with Gasteiger partial charge in [0.1, 0.15) is 0 Å². The zero-order valence-corrected chi connectivity index (χ0v) is 11.7. The molecule has 1 aromatic rings. The molecule has 0 amide bonds. The Morgan fingerprint density at radius 1 is 1.25 bits per heavy atom. The molecule has 0 atom stereocenters. The highest BCUT2D eigenvalue weighted by atomic mass is 28.1. The molecule has 2 nitrogen and oxygen atoms in total. The van der Waals surface area contributed by atoms with Crippen LogP contribution < -0.4 is 5.19 Å². The Balaban J connectivity index is 2.33. The third kappa shape index (κ3) is 2.19. The number of carboxylic acid groups (broad SMARTS) is 1. The lowest BCUT2D eigenvalue weighted by atomic mass is 9.83. The molecule has 0 heterocycles. The van der Waals surface area contributed by atoms with Gasteiger partial charge >= 0.3 is 5.97 Å². The standard InChI is InChI=1S/C13H18O2Si/c14-13(15)11-8-4-7-10(12(11)16)9-5-2-1-3-6-9/h4,7-9H,1-3,5-6H2,16H3,(H,14,15). The van der Waals surface area contributed by atoms with Crippen molar-refractivity contribution in [1.29, 1.82) is 0 Å². The number of carboxylic acids is 1. The van der Waals surface area contributed by atoms with Crippen LogP contribution >= 0.6 is 0 Å². The maximum Gasteiger partial charge on any atom is 0.335 e. The summed E-state index contributed by atoms with van der Waals surface area (Å²) in [4.78, 5) is 11.1. The number of benzene rings is 1. The van der Waals surface area contributed by atoms with Crippen molar-refractivity contribution in [3.8, 4) is 0 Å². The zero-order valence-electron chi connectivity index (χ0n) is 9.70. The molecule has 0 spiro atoms. The smallest absolute Gasteiger partial charge is 0.335 e. The van der Waals surface area contributed by atoms with Crippen LogP contribution in [-0.4, -0.2) is 21.3 Å². The number of aromatic carboxylic acids is 1. The first kappa shape index (κ1) is 11.4. The van der Waals surface area contributed by atoms with Crippen molar-refractivity contribution in [2.45, 2.75) is 38.0 Å². The van der Waals surface area contributed by atoms with E-state index in [1.165, 1.54) is 37.7 Å². The molecule has 1 aromatic carbocycles. The van der Waals surface area contributed by atoms with Gasteiger partial charge in [-0.05, 0) is 30.4 Å². The summed E-state index contributed by atoms with van der Waals surface area (Å²) in [7, 11) is 0.828. The maximum atomic E-state index is 11.1.